The van der Waals surface area contributed by atoms with Crippen LogP contribution in [0.15, 0.2) is 16.3 Å². The molecule has 15 heavy (non-hydrogen) atoms. The Morgan fingerprint density at radius 3 is 2.67 bits per heavy atom. The van der Waals surface area contributed by atoms with E-state index in [4.69, 9.17) is 0 Å². The van der Waals surface area contributed by atoms with Crippen LogP contribution in [0.1, 0.15) is 30.4 Å². The van der Waals surface area contributed by atoms with Gasteiger partial charge in [0, 0.05) is 23.4 Å². The Labute approximate surface area is 101 Å². The Balaban J connectivity index is 2.73. The molecule has 4 heteroatoms. The van der Waals surface area contributed by atoms with Gasteiger partial charge in [-0.3, -0.25) is 4.79 Å². The number of thiol groups is 1. The van der Waals surface area contributed by atoms with Crippen molar-refractivity contribution in [1.82, 2.24) is 4.90 Å². The van der Waals surface area contributed by atoms with Crippen LogP contribution in [0.2, 0.25) is 0 Å². The van der Waals surface area contributed by atoms with Crippen molar-refractivity contribution in [3.05, 3.63) is 16.3 Å². The molecule has 2 nitrogen and oxygen atoms in total. The molecule has 1 aromatic heterocycles. The minimum atomic E-state index is 0.122. The summed E-state index contributed by atoms with van der Waals surface area (Å²) in [4.78, 5) is 15.6. The topological polar surface area (TPSA) is 20.3 Å². The maximum atomic E-state index is 12.0. The van der Waals surface area contributed by atoms with E-state index in [0.29, 0.717) is 5.92 Å². The molecule has 0 radical (unpaired) electrons. The number of carbonyl (C=O) groups excluding carboxylic acids is 1. The van der Waals surface area contributed by atoms with Crippen LogP contribution in [0.4, 0.5) is 0 Å². The van der Waals surface area contributed by atoms with Gasteiger partial charge in [-0.25, -0.2) is 0 Å². The molecule has 0 saturated heterocycles. The van der Waals surface area contributed by atoms with Crippen LogP contribution >= 0.6 is 24.0 Å². The van der Waals surface area contributed by atoms with Crippen LogP contribution in [0.25, 0.3) is 0 Å². The average Bonchev–Trinajstić information content (AvgIpc) is 2.60. The summed E-state index contributed by atoms with van der Waals surface area (Å²) in [6, 6.07) is 1.83. The van der Waals surface area contributed by atoms with Gasteiger partial charge in [-0.1, -0.05) is 13.8 Å². The summed E-state index contributed by atoms with van der Waals surface area (Å²) in [5.41, 5.74) is 0. The summed E-state index contributed by atoms with van der Waals surface area (Å²) in [5, 5.41) is 1.89. The second kappa shape index (κ2) is 5.56. The molecule has 84 valence electrons. The first-order chi connectivity index (χ1) is 7.04. The highest BCUT2D eigenvalue weighted by molar-refractivity contribution is 7.80. The van der Waals surface area contributed by atoms with Gasteiger partial charge in [0.15, 0.2) is 0 Å². The third kappa shape index (κ3) is 3.54. The number of rotatable bonds is 4. The van der Waals surface area contributed by atoms with E-state index in [1.54, 1.807) is 0 Å². The zero-order chi connectivity index (χ0) is 11.4. The summed E-state index contributed by atoms with van der Waals surface area (Å²) in [7, 11) is 0. The Morgan fingerprint density at radius 1 is 1.60 bits per heavy atom. The average molecular weight is 243 g/mol. The van der Waals surface area contributed by atoms with Crippen molar-refractivity contribution in [2.75, 3.05) is 13.1 Å². The van der Waals surface area contributed by atoms with Gasteiger partial charge < -0.3 is 4.90 Å². The van der Waals surface area contributed by atoms with E-state index in [9.17, 15) is 4.79 Å². The molecule has 0 aliphatic carbocycles. The minimum absolute atomic E-state index is 0.122. The van der Waals surface area contributed by atoms with E-state index in [-0.39, 0.29) is 5.91 Å². The van der Waals surface area contributed by atoms with Crippen molar-refractivity contribution in [3.63, 3.8) is 0 Å². The fourth-order valence-corrected chi connectivity index (χ4v) is 2.51. The van der Waals surface area contributed by atoms with Crippen LogP contribution in [0.3, 0.4) is 0 Å². The number of hydrogen-bond acceptors (Lipinski definition) is 3. The third-order valence-electron chi connectivity index (χ3n) is 2.05. The van der Waals surface area contributed by atoms with Crippen molar-refractivity contribution in [1.29, 1.82) is 0 Å². The van der Waals surface area contributed by atoms with Crippen molar-refractivity contribution >= 4 is 29.9 Å². The van der Waals surface area contributed by atoms with Gasteiger partial charge in [0.25, 0.3) is 5.91 Å². The Kier molecular flexibility index (Phi) is 4.67. The monoisotopic (exact) mass is 243 g/mol. The number of thiophene rings is 1. The van der Waals surface area contributed by atoms with Crippen LogP contribution in [0.5, 0.6) is 0 Å². The first-order valence-corrected chi connectivity index (χ1v) is 6.44. The Hall–Kier alpha value is -0.480. The Bertz CT molecular complexity index is 333. The largest absolute Gasteiger partial charge is 0.338 e. The summed E-state index contributed by atoms with van der Waals surface area (Å²) < 4.78 is 0. The standard InChI is InChI=1S/C11H17NOS2/c1-4-12(6-8(2)3)11(13)10-5-9(14)7-15-10/h5,7-8,14H,4,6H2,1-3H3. The molecule has 1 heterocycles. The van der Waals surface area contributed by atoms with Crippen LogP contribution in [-0.4, -0.2) is 23.9 Å². The van der Waals surface area contributed by atoms with Gasteiger partial charge in [-0.2, -0.15) is 0 Å². The predicted molar refractivity (Wildman–Crippen MR) is 68.0 cm³/mol. The minimum Gasteiger partial charge on any atom is -0.338 e. The van der Waals surface area contributed by atoms with Gasteiger partial charge >= 0.3 is 0 Å². The summed E-state index contributed by atoms with van der Waals surface area (Å²) in [6.07, 6.45) is 0. The molecule has 1 aromatic rings. The predicted octanol–water partition coefficient (Wildman–Crippen LogP) is 3.15. The lowest BCUT2D eigenvalue weighted by Crippen LogP contribution is -2.33. The molecule has 1 amide bonds. The lowest BCUT2D eigenvalue weighted by atomic mass is 10.2. The number of hydrogen-bond donors (Lipinski definition) is 1. The van der Waals surface area contributed by atoms with Gasteiger partial charge in [-0.15, -0.1) is 24.0 Å². The lowest BCUT2D eigenvalue weighted by Gasteiger charge is -2.22. The van der Waals surface area contributed by atoms with E-state index < -0.39 is 0 Å². The molecule has 1 rings (SSSR count). The smallest absolute Gasteiger partial charge is 0.263 e. The second-order valence-corrected chi connectivity index (χ2v) is 5.33. The summed E-state index contributed by atoms with van der Waals surface area (Å²) in [5.74, 6) is 0.626. The molecule has 0 saturated carbocycles. The molecule has 0 unspecified atom stereocenters. The number of carbonyl (C=O) groups is 1. The fraction of sp³-hybridized carbons (Fsp3) is 0.545. The normalized spacial score (nSPS) is 10.7. The molecular weight excluding hydrogens is 226 g/mol. The molecule has 0 aliphatic heterocycles. The summed E-state index contributed by atoms with van der Waals surface area (Å²) in [6.45, 7) is 7.82. The van der Waals surface area contributed by atoms with Crippen molar-refractivity contribution in [3.8, 4) is 0 Å². The zero-order valence-electron chi connectivity index (χ0n) is 9.36. The molecule has 0 N–H and O–H groups in total. The third-order valence-corrected chi connectivity index (χ3v) is 3.40. The van der Waals surface area contributed by atoms with Crippen molar-refractivity contribution in [2.24, 2.45) is 5.92 Å². The SMILES string of the molecule is CCN(CC(C)C)C(=O)c1cc(S)cs1. The van der Waals surface area contributed by atoms with Crippen LogP contribution in [0, 0.1) is 5.92 Å². The first kappa shape index (κ1) is 12.6. The van der Waals surface area contributed by atoms with Gasteiger partial charge in [0.1, 0.15) is 0 Å². The molecule has 0 aliphatic rings. The van der Waals surface area contributed by atoms with Gasteiger partial charge in [0.2, 0.25) is 0 Å². The molecule has 0 atom stereocenters. The quantitative estimate of drug-likeness (QED) is 0.805. The van der Waals surface area contributed by atoms with Gasteiger partial charge in [-0.05, 0) is 18.9 Å². The van der Waals surface area contributed by atoms with Crippen molar-refractivity contribution in [2.45, 2.75) is 25.7 Å². The van der Waals surface area contributed by atoms with E-state index in [1.807, 2.05) is 23.3 Å². The molecule has 0 spiro atoms. The van der Waals surface area contributed by atoms with E-state index in [0.717, 1.165) is 22.9 Å². The molecule has 0 fully saturated rings. The maximum Gasteiger partial charge on any atom is 0.263 e. The van der Waals surface area contributed by atoms with Crippen LogP contribution in [-0.2, 0) is 0 Å². The van der Waals surface area contributed by atoms with Crippen LogP contribution < -0.4 is 0 Å². The molecular formula is C11H17NOS2. The first-order valence-electron chi connectivity index (χ1n) is 5.11. The van der Waals surface area contributed by atoms with Crippen molar-refractivity contribution < 1.29 is 4.79 Å². The maximum absolute atomic E-state index is 12.0. The van der Waals surface area contributed by atoms with E-state index in [1.165, 1.54) is 11.3 Å². The highest BCUT2D eigenvalue weighted by Gasteiger charge is 2.16. The second-order valence-electron chi connectivity index (χ2n) is 3.91. The van der Waals surface area contributed by atoms with E-state index in [2.05, 4.69) is 26.5 Å². The Morgan fingerprint density at radius 2 is 2.27 bits per heavy atom. The highest BCUT2D eigenvalue weighted by Crippen LogP contribution is 2.19. The van der Waals surface area contributed by atoms with Gasteiger partial charge in [0.05, 0.1) is 4.88 Å². The highest BCUT2D eigenvalue weighted by atomic mass is 32.1. The zero-order valence-corrected chi connectivity index (χ0v) is 11.1. The lowest BCUT2D eigenvalue weighted by molar-refractivity contribution is 0.0750. The molecule has 0 bridgehead atoms. The number of nitrogens with zero attached hydrogens (tertiary/aromatic N) is 1. The molecule has 0 aromatic carbocycles. The summed E-state index contributed by atoms with van der Waals surface area (Å²) >= 11 is 5.67. The van der Waals surface area contributed by atoms with E-state index >= 15 is 0 Å². The number of amides is 1. The fourth-order valence-electron chi connectivity index (χ4n) is 1.39.